The summed E-state index contributed by atoms with van der Waals surface area (Å²) in [6.07, 6.45) is 1.95. The number of carbonyl (C=O) groups excluding carboxylic acids is 2. The van der Waals surface area contributed by atoms with Crippen molar-refractivity contribution in [3.05, 3.63) is 69.4 Å². The van der Waals surface area contributed by atoms with Gasteiger partial charge >= 0.3 is 5.97 Å². The lowest BCUT2D eigenvalue weighted by Gasteiger charge is -2.09. The maximum absolute atomic E-state index is 12.8. The third-order valence-electron chi connectivity index (χ3n) is 4.23. The normalized spacial score (nSPS) is 10.9. The fraction of sp³-hybridized carbons (Fsp3) is 0.286. The van der Waals surface area contributed by atoms with Gasteiger partial charge in [0.1, 0.15) is 5.69 Å². The third kappa shape index (κ3) is 4.48. The van der Waals surface area contributed by atoms with Crippen LogP contribution in [-0.4, -0.2) is 28.5 Å². The van der Waals surface area contributed by atoms with Gasteiger partial charge in [0.25, 0.3) is 5.91 Å². The molecule has 0 bridgehead atoms. The highest BCUT2D eigenvalue weighted by atomic mass is 32.1. The molecule has 0 atom stereocenters. The van der Waals surface area contributed by atoms with Gasteiger partial charge in [0.2, 0.25) is 0 Å². The SMILES string of the molecule is COC(=O)c1ccc(NC(=O)c2cc(C)cn2Cc2csc(C(C)C)n2)cc1. The summed E-state index contributed by atoms with van der Waals surface area (Å²) in [7, 11) is 1.33. The molecule has 0 spiro atoms. The number of nitrogens with zero attached hydrogens (tertiary/aromatic N) is 2. The van der Waals surface area contributed by atoms with E-state index in [-0.39, 0.29) is 5.91 Å². The minimum atomic E-state index is -0.411. The van der Waals surface area contributed by atoms with E-state index in [4.69, 9.17) is 0 Å². The van der Waals surface area contributed by atoms with Crippen LogP contribution >= 0.6 is 11.3 Å². The van der Waals surface area contributed by atoms with Crippen molar-refractivity contribution in [3.8, 4) is 0 Å². The molecular weight excluding hydrogens is 374 g/mol. The lowest BCUT2D eigenvalue weighted by atomic mass is 10.2. The molecule has 0 unspecified atom stereocenters. The number of thiazole rings is 1. The van der Waals surface area contributed by atoms with Crippen molar-refractivity contribution in [2.45, 2.75) is 33.2 Å². The molecule has 3 rings (SSSR count). The second-order valence-electron chi connectivity index (χ2n) is 6.89. The second kappa shape index (κ2) is 8.39. The topological polar surface area (TPSA) is 73.2 Å². The summed E-state index contributed by atoms with van der Waals surface area (Å²) in [6, 6.07) is 8.45. The highest BCUT2D eigenvalue weighted by Gasteiger charge is 2.15. The predicted octanol–water partition coefficient (Wildman–Crippen LogP) is 4.46. The fourth-order valence-electron chi connectivity index (χ4n) is 2.82. The second-order valence-corrected chi connectivity index (χ2v) is 7.78. The molecule has 1 amide bonds. The van der Waals surface area contributed by atoms with Gasteiger partial charge in [0, 0.05) is 23.2 Å². The van der Waals surface area contributed by atoms with E-state index >= 15 is 0 Å². The van der Waals surface area contributed by atoms with E-state index in [9.17, 15) is 9.59 Å². The Morgan fingerprint density at radius 2 is 1.96 bits per heavy atom. The van der Waals surface area contributed by atoms with Crippen LogP contribution in [0.25, 0.3) is 0 Å². The van der Waals surface area contributed by atoms with Gasteiger partial charge in [-0.3, -0.25) is 4.79 Å². The van der Waals surface area contributed by atoms with Crippen molar-refractivity contribution in [1.29, 1.82) is 0 Å². The molecule has 0 saturated heterocycles. The van der Waals surface area contributed by atoms with Gasteiger partial charge in [-0.15, -0.1) is 11.3 Å². The zero-order valence-corrected chi connectivity index (χ0v) is 17.2. The van der Waals surface area contributed by atoms with Crippen LogP contribution in [0.4, 0.5) is 5.69 Å². The molecule has 1 aromatic carbocycles. The molecule has 28 heavy (non-hydrogen) atoms. The minimum Gasteiger partial charge on any atom is -0.465 e. The first kappa shape index (κ1) is 19.8. The van der Waals surface area contributed by atoms with Gasteiger partial charge in [0.05, 0.1) is 29.9 Å². The van der Waals surface area contributed by atoms with Crippen molar-refractivity contribution >= 4 is 28.9 Å². The standard InChI is InChI=1S/C21H23N3O3S/c1-13(2)20-23-17(12-28-20)11-24-10-14(3)9-18(24)19(25)22-16-7-5-15(6-8-16)21(26)27-4/h5-10,12-13H,11H2,1-4H3,(H,22,25). The molecule has 1 N–H and O–H groups in total. The molecule has 0 aliphatic heterocycles. The van der Waals surface area contributed by atoms with Crippen LogP contribution in [0.3, 0.4) is 0 Å². The minimum absolute atomic E-state index is 0.210. The number of hydrogen-bond donors (Lipinski definition) is 1. The Morgan fingerprint density at radius 3 is 2.57 bits per heavy atom. The molecule has 6 nitrogen and oxygen atoms in total. The average molecular weight is 398 g/mol. The zero-order valence-electron chi connectivity index (χ0n) is 16.4. The van der Waals surface area contributed by atoms with Crippen LogP contribution in [-0.2, 0) is 11.3 Å². The van der Waals surface area contributed by atoms with Crippen molar-refractivity contribution in [2.75, 3.05) is 12.4 Å². The Bertz CT molecular complexity index is 987. The van der Waals surface area contributed by atoms with Crippen LogP contribution in [0.5, 0.6) is 0 Å². The van der Waals surface area contributed by atoms with E-state index in [1.54, 1.807) is 35.6 Å². The smallest absolute Gasteiger partial charge is 0.337 e. The lowest BCUT2D eigenvalue weighted by Crippen LogP contribution is -2.17. The predicted molar refractivity (Wildman–Crippen MR) is 110 cm³/mol. The summed E-state index contributed by atoms with van der Waals surface area (Å²) in [4.78, 5) is 29.0. The molecule has 146 valence electrons. The lowest BCUT2D eigenvalue weighted by molar-refractivity contribution is 0.0600. The Kier molecular flexibility index (Phi) is 5.94. The van der Waals surface area contributed by atoms with Gasteiger partial charge in [-0.25, -0.2) is 9.78 Å². The van der Waals surface area contributed by atoms with Crippen LogP contribution in [0.1, 0.15) is 56.9 Å². The van der Waals surface area contributed by atoms with Gasteiger partial charge in [0.15, 0.2) is 0 Å². The Labute approximate surface area is 168 Å². The first-order valence-electron chi connectivity index (χ1n) is 8.98. The van der Waals surface area contributed by atoms with E-state index in [1.807, 2.05) is 29.1 Å². The fourth-order valence-corrected chi connectivity index (χ4v) is 3.64. The zero-order chi connectivity index (χ0) is 20.3. The van der Waals surface area contributed by atoms with Crippen LogP contribution in [0, 0.1) is 6.92 Å². The van der Waals surface area contributed by atoms with E-state index < -0.39 is 5.97 Å². The highest BCUT2D eigenvalue weighted by Crippen LogP contribution is 2.21. The summed E-state index contributed by atoms with van der Waals surface area (Å²) in [5.41, 5.74) is 3.56. The monoisotopic (exact) mass is 397 g/mol. The van der Waals surface area contributed by atoms with Crippen molar-refractivity contribution in [1.82, 2.24) is 9.55 Å². The number of rotatable bonds is 6. The van der Waals surface area contributed by atoms with Crippen molar-refractivity contribution in [3.63, 3.8) is 0 Å². The van der Waals surface area contributed by atoms with Crippen LogP contribution in [0.2, 0.25) is 0 Å². The Morgan fingerprint density at radius 1 is 1.25 bits per heavy atom. The van der Waals surface area contributed by atoms with Gasteiger partial charge in [-0.1, -0.05) is 13.8 Å². The number of methoxy groups -OCH3 is 1. The van der Waals surface area contributed by atoms with Crippen molar-refractivity contribution < 1.29 is 14.3 Å². The number of aromatic nitrogens is 2. The molecule has 7 heteroatoms. The summed E-state index contributed by atoms with van der Waals surface area (Å²) in [5.74, 6) is -0.231. The Balaban J connectivity index is 1.75. The largest absolute Gasteiger partial charge is 0.465 e. The number of esters is 1. The van der Waals surface area contributed by atoms with Gasteiger partial charge in [-0.05, 0) is 42.8 Å². The first-order chi connectivity index (χ1) is 13.4. The van der Waals surface area contributed by atoms with Crippen molar-refractivity contribution in [2.24, 2.45) is 0 Å². The summed E-state index contributed by atoms with van der Waals surface area (Å²) in [5, 5.41) is 6.01. The van der Waals surface area contributed by atoms with Gasteiger partial charge in [-0.2, -0.15) is 0 Å². The summed E-state index contributed by atoms with van der Waals surface area (Å²) in [6.45, 7) is 6.74. The third-order valence-corrected chi connectivity index (χ3v) is 5.42. The van der Waals surface area contributed by atoms with Gasteiger partial charge < -0.3 is 14.6 Å². The van der Waals surface area contributed by atoms with Crippen LogP contribution < -0.4 is 5.32 Å². The number of benzene rings is 1. The average Bonchev–Trinajstić information content (AvgIpc) is 3.28. The summed E-state index contributed by atoms with van der Waals surface area (Å²) >= 11 is 1.64. The number of aryl methyl sites for hydroxylation is 1. The maximum Gasteiger partial charge on any atom is 0.337 e. The molecule has 3 aromatic rings. The number of carbonyl (C=O) groups is 2. The number of nitrogens with one attached hydrogen (secondary N) is 1. The van der Waals surface area contributed by atoms with E-state index in [0.29, 0.717) is 29.4 Å². The molecule has 0 saturated carbocycles. The molecule has 0 fully saturated rings. The number of hydrogen-bond acceptors (Lipinski definition) is 5. The molecule has 2 aromatic heterocycles. The quantitative estimate of drug-likeness (QED) is 0.623. The molecule has 0 radical (unpaired) electrons. The molecular formula is C21H23N3O3S. The number of anilines is 1. The Hall–Kier alpha value is -2.93. The maximum atomic E-state index is 12.8. The molecule has 0 aliphatic rings. The van der Waals surface area contributed by atoms with Crippen LogP contribution in [0.15, 0.2) is 41.9 Å². The number of amides is 1. The molecule has 2 heterocycles. The molecule has 0 aliphatic carbocycles. The van der Waals surface area contributed by atoms with E-state index in [0.717, 1.165) is 16.3 Å². The first-order valence-corrected chi connectivity index (χ1v) is 9.86. The highest BCUT2D eigenvalue weighted by molar-refractivity contribution is 7.09. The van der Waals surface area contributed by atoms with E-state index in [2.05, 4.69) is 28.9 Å². The van der Waals surface area contributed by atoms with E-state index in [1.165, 1.54) is 7.11 Å². The summed E-state index contributed by atoms with van der Waals surface area (Å²) < 4.78 is 6.59. The number of ether oxygens (including phenoxy) is 1.